The van der Waals surface area contributed by atoms with Crippen molar-refractivity contribution in [2.45, 2.75) is 12.8 Å². The van der Waals surface area contributed by atoms with E-state index < -0.39 is 5.97 Å². The van der Waals surface area contributed by atoms with Crippen LogP contribution in [0.5, 0.6) is 5.75 Å². The molecule has 0 spiro atoms. The van der Waals surface area contributed by atoms with Crippen molar-refractivity contribution < 1.29 is 24.2 Å². The molecular weight excluding hydrogens is 336 g/mol. The van der Waals surface area contributed by atoms with Crippen molar-refractivity contribution in [3.63, 3.8) is 0 Å². The summed E-state index contributed by atoms with van der Waals surface area (Å²) in [5.41, 5.74) is 0.827. The van der Waals surface area contributed by atoms with Crippen molar-refractivity contribution in [2.75, 3.05) is 33.8 Å². The highest BCUT2D eigenvalue weighted by atomic mass is 16.5. The van der Waals surface area contributed by atoms with E-state index in [4.69, 9.17) is 9.84 Å². The van der Waals surface area contributed by atoms with Gasteiger partial charge in [0.15, 0.2) is 0 Å². The smallest absolute Gasteiger partial charge is 0.306 e. The lowest BCUT2D eigenvalue weighted by Crippen LogP contribution is -2.45. The molecule has 7 heteroatoms. The van der Waals surface area contributed by atoms with Gasteiger partial charge in [0.2, 0.25) is 11.8 Å². The van der Waals surface area contributed by atoms with Gasteiger partial charge in [-0.15, -0.1) is 0 Å². The summed E-state index contributed by atoms with van der Waals surface area (Å²) in [6.07, 6.45) is 3.99. The third-order valence-electron chi connectivity index (χ3n) is 4.46. The molecule has 0 bridgehead atoms. The molecule has 1 N–H and O–H groups in total. The molecule has 0 atom stereocenters. The van der Waals surface area contributed by atoms with Gasteiger partial charge in [-0.25, -0.2) is 0 Å². The molecule has 1 aromatic rings. The summed E-state index contributed by atoms with van der Waals surface area (Å²) in [5.74, 6) is -0.940. The van der Waals surface area contributed by atoms with Gasteiger partial charge >= 0.3 is 5.97 Å². The van der Waals surface area contributed by atoms with Gasteiger partial charge in [0.05, 0.1) is 19.6 Å². The Kier molecular flexibility index (Phi) is 6.77. The predicted molar refractivity (Wildman–Crippen MR) is 96.6 cm³/mol. The SMILES string of the molecule is COc1cccc(/C=C/C(=O)N(C)CC(=O)N2CCC(C(=O)O)CC2)c1. The molecular formula is C19H24N2O5. The fraction of sp³-hybridized carbons (Fsp3) is 0.421. The lowest BCUT2D eigenvalue weighted by Gasteiger charge is -2.31. The Bertz CT molecular complexity index is 693. The summed E-state index contributed by atoms with van der Waals surface area (Å²) in [4.78, 5) is 38.4. The van der Waals surface area contributed by atoms with Gasteiger partial charge in [-0.2, -0.15) is 0 Å². The zero-order valence-corrected chi connectivity index (χ0v) is 15.1. The number of aliphatic carboxylic acids is 1. The first-order valence-corrected chi connectivity index (χ1v) is 8.48. The molecule has 7 nitrogen and oxygen atoms in total. The molecule has 2 rings (SSSR count). The number of piperidine rings is 1. The Morgan fingerprint density at radius 2 is 2.00 bits per heavy atom. The monoisotopic (exact) mass is 360 g/mol. The second-order valence-electron chi connectivity index (χ2n) is 6.30. The highest BCUT2D eigenvalue weighted by Crippen LogP contribution is 2.17. The van der Waals surface area contributed by atoms with E-state index in [1.165, 1.54) is 11.0 Å². The Hall–Kier alpha value is -2.83. The maximum Gasteiger partial charge on any atom is 0.306 e. The van der Waals surface area contributed by atoms with E-state index >= 15 is 0 Å². The van der Waals surface area contributed by atoms with Crippen LogP contribution in [0.25, 0.3) is 6.08 Å². The quantitative estimate of drug-likeness (QED) is 0.777. The first kappa shape index (κ1) is 19.5. The van der Waals surface area contributed by atoms with Crippen LogP contribution >= 0.6 is 0 Å². The molecule has 140 valence electrons. The van der Waals surface area contributed by atoms with Crippen LogP contribution in [-0.4, -0.2) is 66.5 Å². The highest BCUT2D eigenvalue weighted by Gasteiger charge is 2.27. The maximum absolute atomic E-state index is 12.3. The molecule has 1 saturated heterocycles. The number of carboxylic acids is 1. The van der Waals surface area contributed by atoms with Crippen molar-refractivity contribution in [2.24, 2.45) is 5.92 Å². The number of carbonyl (C=O) groups is 3. The van der Waals surface area contributed by atoms with Gasteiger partial charge in [-0.1, -0.05) is 12.1 Å². The maximum atomic E-state index is 12.3. The Morgan fingerprint density at radius 3 is 2.62 bits per heavy atom. The second-order valence-corrected chi connectivity index (χ2v) is 6.30. The van der Waals surface area contributed by atoms with Crippen LogP contribution in [0.1, 0.15) is 18.4 Å². The third kappa shape index (κ3) is 5.34. The van der Waals surface area contributed by atoms with E-state index in [0.717, 1.165) is 5.56 Å². The lowest BCUT2D eigenvalue weighted by molar-refractivity contribution is -0.146. The van der Waals surface area contributed by atoms with Crippen LogP contribution in [0, 0.1) is 5.92 Å². The number of benzene rings is 1. The van der Waals surface area contributed by atoms with Gasteiger partial charge in [0, 0.05) is 26.2 Å². The third-order valence-corrected chi connectivity index (χ3v) is 4.46. The average Bonchev–Trinajstić information content (AvgIpc) is 2.66. The first-order valence-electron chi connectivity index (χ1n) is 8.48. The van der Waals surface area contributed by atoms with Crippen LogP contribution in [-0.2, 0) is 14.4 Å². The molecule has 1 heterocycles. The molecule has 2 amide bonds. The Labute approximate surface area is 152 Å². The van der Waals surface area contributed by atoms with Gasteiger partial charge in [-0.3, -0.25) is 14.4 Å². The molecule has 1 fully saturated rings. The van der Waals surface area contributed by atoms with E-state index in [1.54, 1.807) is 25.1 Å². The summed E-state index contributed by atoms with van der Waals surface area (Å²) >= 11 is 0. The number of likely N-dealkylation sites (N-methyl/N-ethyl adjacent to an activating group) is 1. The molecule has 0 aromatic heterocycles. The number of hydrogen-bond acceptors (Lipinski definition) is 4. The minimum absolute atomic E-state index is 0.0287. The molecule has 0 unspecified atom stereocenters. The fourth-order valence-electron chi connectivity index (χ4n) is 2.80. The second kappa shape index (κ2) is 9.03. The summed E-state index contributed by atoms with van der Waals surface area (Å²) in [7, 11) is 3.15. The summed E-state index contributed by atoms with van der Waals surface area (Å²) < 4.78 is 5.14. The minimum Gasteiger partial charge on any atom is -0.497 e. The first-order chi connectivity index (χ1) is 12.4. The normalized spacial score (nSPS) is 15.1. The number of carboxylic acid groups (broad SMARTS) is 1. The average molecular weight is 360 g/mol. The van der Waals surface area contributed by atoms with E-state index in [2.05, 4.69) is 0 Å². The molecule has 1 aromatic carbocycles. The van der Waals surface area contributed by atoms with Crippen molar-refractivity contribution in [3.05, 3.63) is 35.9 Å². The number of likely N-dealkylation sites (tertiary alicyclic amines) is 1. The number of amides is 2. The van der Waals surface area contributed by atoms with Crippen LogP contribution in [0.15, 0.2) is 30.3 Å². The number of nitrogens with zero attached hydrogens (tertiary/aromatic N) is 2. The molecule has 1 aliphatic heterocycles. The van der Waals surface area contributed by atoms with Gasteiger partial charge in [0.1, 0.15) is 5.75 Å². The Morgan fingerprint density at radius 1 is 1.31 bits per heavy atom. The summed E-state index contributed by atoms with van der Waals surface area (Å²) in [6, 6.07) is 7.31. The predicted octanol–water partition coefficient (Wildman–Crippen LogP) is 1.49. The Balaban J connectivity index is 1.85. The molecule has 0 saturated carbocycles. The number of methoxy groups -OCH3 is 1. The number of carbonyl (C=O) groups excluding carboxylic acids is 2. The number of hydrogen-bond donors (Lipinski definition) is 1. The summed E-state index contributed by atoms with van der Waals surface area (Å²) in [6.45, 7) is 0.800. The molecule has 0 aliphatic carbocycles. The van der Waals surface area contributed by atoms with Gasteiger partial charge < -0.3 is 19.6 Å². The van der Waals surface area contributed by atoms with E-state index in [1.807, 2.05) is 24.3 Å². The van der Waals surface area contributed by atoms with E-state index in [0.29, 0.717) is 31.7 Å². The highest BCUT2D eigenvalue weighted by molar-refractivity contribution is 5.94. The zero-order chi connectivity index (χ0) is 19.1. The molecule has 26 heavy (non-hydrogen) atoms. The molecule has 0 radical (unpaired) electrons. The van der Waals surface area contributed by atoms with Crippen LogP contribution < -0.4 is 4.74 Å². The largest absolute Gasteiger partial charge is 0.497 e. The van der Waals surface area contributed by atoms with Crippen molar-refractivity contribution in [3.8, 4) is 5.75 Å². The lowest BCUT2D eigenvalue weighted by atomic mass is 9.97. The van der Waals surface area contributed by atoms with Gasteiger partial charge in [0.25, 0.3) is 0 Å². The topological polar surface area (TPSA) is 87.2 Å². The standard InChI is InChI=1S/C19H24N2O5/c1-20(13-18(23)21-10-8-15(9-11-21)19(24)25)17(22)7-6-14-4-3-5-16(12-14)26-2/h3-7,12,15H,8-11,13H2,1-2H3,(H,24,25)/b7-6+. The van der Waals surface area contributed by atoms with E-state index in [-0.39, 0.29) is 24.3 Å². The minimum atomic E-state index is -0.813. The van der Waals surface area contributed by atoms with Crippen molar-refractivity contribution in [1.82, 2.24) is 9.80 Å². The van der Waals surface area contributed by atoms with E-state index in [9.17, 15) is 14.4 Å². The zero-order valence-electron chi connectivity index (χ0n) is 15.1. The van der Waals surface area contributed by atoms with Gasteiger partial charge in [-0.05, 0) is 36.6 Å². The number of ether oxygens (including phenoxy) is 1. The summed E-state index contributed by atoms with van der Waals surface area (Å²) in [5, 5.41) is 9.00. The van der Waals surface area contributed by atoms with Crippen LogP contribution in [0.3, 0.4) is 0 Å². The van der Waals surface area contributed by atoms with Crippen LogP contribution in [0.4, 0.5) is 0 Å². The van der Waals surface area contributed by atoms with Crippen molar-refractivity contribution in [1.29, 1.82) is 0 Å². The number of rotatable bonds is 6. The van der Waals surface area contributed by atoms with Crippen molar-refractivity contribution >= 4 is 23.9 Å². The van der Waals surface area contributed by atoms with Crippen LogP contribution in [0.2, 0.25) is 0 Å². The fourth-order valence-corrected chi connectivity index (χ4v) is 2.80. The molecule has 1 aliphatic rings.